The molecule has 0 bridgehead atoms. The summed E-state index contributed by atoms with van der Waals surface area (Å²) >= 11 is 3.58. The molecule has 25 heavy (non-hydrogen) atoms. The molecule has 5 nitrogen and oxygen atoms in total. The third-order valence-electron chi connectivity index (χ3n) is 4.04. The Kier molecular flexibility index (Phi) is 3.79. The van der Waals surface area contributed by atoms with E-state index in [-0.39, 0.29) is 12.6 Å². The lowest BCUT2D eigenvalue weighted by molar-refractivity contribution is 0.174. The molecule has 1 aliphatic rings. The fourth-order valence-corrected chi connectivity index (χ4v) is 3.38. The van der Waals surface area contributed by atoms with Crippen molar-refractivity contribution < 1.29 is 9.47 Å². The van der Waals surface area contributed by atoms with E-state index in [1.54, 1.807) is 6.20 Å². The van der Waals surface area contributed by atoms with Gasteiger partial charge < -0.3 is 15.2 Å². The van der Waals surface area contributed by atoms with E-state index in [0.717, 1.165) is 21.2 Å². The van der Waals surface area contributed by atoms with Gasteiger partial charge in [-0.3, -0.25) is 0 Å². The highest BCUT2D eigenvalue weighted by atomic mass is 79.9. The number of anilines is 1. The first-order chi connectivity index (χ1) is 12.2. The molecular weight excluding hydrogens is 382 g/mol. The predicted octanol–water partition coefficient (Wildman–Crippen LogP) is 4.36. The van der Waals surface area contributed by atoms with Gasteiger partial charge in [-0.2, -0.15) is 5.26 Å². The van der Waals surface area contributed by atoms with Gasteiger partial charge in [0, 0.05) is 27.4 Å². The minimum atomic E-state index is 0.181. The van der Waals surface area contributed by atoms with Gasteiger partial charge in [0.15, 0.2) is 11.5 Å². The molecule has 0 unspecified atom stereocenters. The molecule has 6 heteroatoms. The number of nitriles is 1. The van der Waals surface area contributed by atoms with Crippen molar-refractivity contribution in [1.82, 2.24) is 4.98 Å². The van der Waals surface area contributed by atoms with Crippen LogP contribution in [0.1, 0.15) is 5.56 Å². The lowest BCUT2D eigenvalue weighted by Crippen LogP contribution is -2.00. The molecule has 3 aromatic rings. The Morgan fingerprint density at radius 3 is 2.52 bits per heavy atom. The van der Waals surface area contributed by atoms with Gasteiger partial charge in [0.05, 0.1) is 0 Å². The number of pyridine rings is 1. The maximum atomic E-state index is 9.68. The van der Waals surface area contributed by atoms with Crippen molar-refractivity contribution in [3.05, 3.63) is 58.7 Å². The van der Waals surface area contributed by atoms with Gasteiger partial charge in [-0.25, -0.2) is 4.98 Å². The molecule has 0 radical (unpaired) electrons. The summed E-state index contributed by atoms with van der Waals surface area (Å²) in [7, 11) is 0. The number of rotatable bonds is 2. The van der Waals surface area contributed by atoms with Crippen LogP contribution in [0, 0.1) is 11.3 Å². The van der Waals surface area contributed by atoms with Gasteiger partial charge in [-0.15, -0.1) is 0 Å². The molecule has 2 aromatic carbocycles. The molecule has 0 atom stereocenters. The molecule has 0 spiro atoms. The minimum absolute atomic E-state index is 0.181. The highest BCUT2D eigenvalue weighted by Crippen LogP contribution is 2.45. The molecule has 122 valence electrons. The van der Waals surface area contributed by atoms with Crippen LogP contribution in [-0.2, 0) is 0 Å². The third-order valence-corrected chi connectivity index (χ3v) is 4.69. The summed E-state index contributed by atoms with van der Waals surface area (Å²) in [6, 6.07) is 15.6. The molecule has 1 aromatic heterocycles. The largest absolute Gasteiger partial charge is 0.454 e. The molecule has 2 N–H and O–H groups in total. The van der Waals surface area contributed by atoms with Crippen molar-refractivity contribution in [2.75, 3.05) is 12.5 Å². The average molecular weight is 394 g/mol. The van der Waals surface area contributed by atoms with Gasteiger partial charge in [0.2, 0.25) is 6.79 Å². The molecule has 0 fully saturated rings. The Hall–Kier alpha value is -3.04. The Labute approximate surface area is 152 Å². The van der Waals surface area contributed by atoms with Crippen LogP contribution in [0.3, 0.4) is 0 Å². The van der Waals surface area contributed by atoms with Crippen LogP contribution in [-0.4, -0.2) is 11.8 Å². The monoisotopic (exact) mass is 393 g/mol. The number of aromatic nitrogens is 1. The van der Waals surface area contributed by atoms with Crippen LogP contribution in [0.4, 0.5) is 5.82 Å². The fraction of sp³-hybridized carbons (Fsp3) is 0.0526. The first kappa shape index (κ1) is 15.5. The van der Waals surface area contributed by atoms with E-state index in [9.17, 15) is 5.26 Å². The Bertz CT molecular complexity index is 1010. The van der Waals surface area contributed by atoms with Crippen molar-refractivity contribution in [3.63, 3.8) is 0 Å². The van der Waals surface area contributed by atoms with Gasteiger partial charge in [0.1, 0.15) is 17.5 Å². The van der Waals surface area contributed by atoms with E-state index in [4.69, 9.17) is 15.2 Å². The summed E-state index contributed by atoms with van der Waals surface area (Å²) in [5, 5.41) is 9.68. The summed E-state index contributed by atoms with van der Waals surface area (Å²) < 4.78 is 11.7. The molecule has 0 saturated heterocycles. The smallest absolute Gasteiger partial charge is 0.231 e. The second kappa shape index (κ2) is 6.11. The molecule has 0 amide bonds. The Balaban J connectivity index is 2.04. The molecule has 4 rings (SSSR count). The Morgan fingerprint density at radius 1 is 1.08 bits per heavy atom. The quantitative estimate of drug-likeness (QED) is 0.699. The van der Waals surface area contributed by atoms with Gasteiger partial charge >= 0.3 is 0 Å². The number of hydrogen-bond donors (Lipinski definition) is 1. The first-order valence-corrected chi connectivity index (χ1v) is 8.32. The van der Waals surface area contributed by atoms with E-state index in [2.05, 4.69) is 27.0 Å². The standard InChI is InChI=1S/C19H12BrN3O2/c20-15-7-17-16(24-10-25-17)6-12(15)18-13(8-21)19(22)23-9-14(18)11-4-2-1-3-5-11/h1-7,9H,10H2,(H2,22,23). The summed E-state index contributed by atoms with van der Waals surface area (Å²) in [6.07, 6.45) is 1.69. The average Bonchev–Trinajstić information content (AvgIpc) is 3.08. The topological polar surface area (TPSA) is 81.2 Å². The SMILES string of the molecule is N#Cc1c(N)ncc(-c2ccccc2)c1-c1cc2c(cc1Br)OCO2. The Morgan fingerprint density at radius 2 is 1.80 bits per heavy atom. The number of ether oxygens (including phenoxy) is 2. The summed E-state index contributed by atoms with van der Waals surface area (Å²) in [5.74, 6) is 1.50. The molecular formula is C19H12BrN3O2. The molecule has 0 saturated carbocycles. The van der Waals surface area contributed by atoms with Gasteiger partial charge in [0.25, 0.3) is 0 Å². The number of fused-ring (bicyclic) bond motifs is 1. The van der Waals surface area contributed by atoms with Crippen LogP contribution in [0.25, 0.3) is 22.3 Å². The zero-order valence-electron chi connectivity index (χ0n) is 13.0. The van der Waals surface area contributed by atoms with Crippen molar-refractivity contribution in [2.45, 2.75) is 0 Å². The van der Waals surface area contributed by atoms with E-state index < -0.39 is 0 Å². The van der Waals surface area contributed by atoms with Crippen LogP contribution in [0.2, 0.25) is 0 Å². The zero-order chi connectivity index (χ0) is 17.4. The van der Waals surface area contributed by atoms with Crippen molar-refractivity contribution >= 4 is 21.7 Å². The van der Waals surface area contributed by atoms with Crippen LogP contribution in [0.5, 0.6) is 11.5 Å². The highest BCUT2D eigenvalue weighted by Gasteiger charge is 2.22. The summed E-state index contributed by atoms with van der Waals surface area (Å²) in [4.78, 5) is 4.20. The molecule has 0 aliphatic carbocycles. The van der Waals surface area contributed by atoms with Crippen LogP contribution in [0.15, 0.2) is 53.1 Å². The minimum Gasteiger partial charge on any atom is -0.454 e. The number of nitrogens with zero attached hydrogens (tertiary/aromatic N) is 2. The highest BCUT2D eigenvalue weighted by molar-refractivity contribution is 9.10. The van der Waals surface area contributed by atoms with Crippen molar-refractivity contribution in [3.8, 4) is 39.8 Å². The fourth-order valence-electron chi connectivity index (χ4n) is 2.86. The predicted molar refractivity (Wildman–Crippen MR) is 98.1 cm³/mol. The van der Waals surface area contributed by atoms with Gasteiger partial charge in [-0.1, -0.05) is 46.3 Å². The molecule has 1 aliphatic heterocycles. The number of nitrogen functional groups attached to an aromatic ring is 1. The maximum Gasteiger partial charge on any atom is 0.231 e. The van der Waals surface area contributed by atoms with E-state index in [0.29, 0.717) is 22.6 Å². The maximum absolute atomic E-state index is 9.68. The first-order valence-electron chi connectivity index (χ1n) is 7.52. The van der Waals surface area contributed by atoms with E-state index in [1.807, 2.05) is 42.5 Å². The number of benzene rings is 2. The van der Waals surface area contributed by atoms with Crippen LogP contribution < -0.4 is 15.2 Å². The second-order valence-corrected chi connectivity index (χ2v) is 6.32. The number of hydrogen-bond acceptors (Lipinski definition) is 5. The number of halogens is 1. The molecule has 2 heterocycles. The normalized spacial score (nSPS) is 12.0. The lowest BCUT2D eigenvalue weighted by Gasteiger charge is -2.15. The van der Waals surface area contributed by atoms with Crippen LogP contribution >= 0.6 is 15.9 Å². The van der Waals surface area contributed by atoms with E-state index in [1.165, 1.54) is 0 Å². The van der Waals surface area contributed by atoms with Crippen molar-refractivity contribution in [1.29, 1.82) is 5.26 Å². The van der Waals surface area contributed by atoms with Gasteiger partial charge in [-0.05, 0) is 17.7 Å². The lowest BCUT2D eigenvalue weighted by atomic mass is 9.92. The third kappa shape index (κ3) is 2.59. The zero-order valence-corrected chi connectivity index (χ0v) is 14.6. The van der Waals surface area contributed by atoms with E-state index >= 15 is 0 Å². The van der Waals surface area contributed by atoms with Crippen molar-refractivity contribution in [2.24, 2.45) is 0 Å². The summed E-state index contributed by atoms with van der Waals surface area (Å²) in [6.45, 7) is 0.181. The summed E-state index contributed by atoms with van der Waals surface area (Å²) in [5.41, 5.74) is 9.60. The second-order valence-electron chi connectivity index (χ2n) is 5.47. The number of nitrogens with two attached hydrogens (primary N) is 1.